The van der Waals surface area contributed by atoms with Crippen molar-refractivity contribution in [3.8, 4) is 5.88 Å². The molecule has 10 nitrogen and oxygen atoms in total. The van der Waals surface area contributed by atoms with E-state index in [1.54, 1.807) is 6.26 Å². The van der Waals surface area contributed by atoms with Crippen LogP contribution in [0.25, 0.3) is 11.0 Å². The van der Waals surface area contributed by atoms with Crippen LogP contribution in [-0.2, 0) is 4.18 Å². The highest BCUT2D eigenvalue weighted by Crippen LogP contribution is 2.32. The Balaban J connectivity index is 1.94. The number of rotatable bonds is 4. The normalized spacial score (nSPS) is 28.5. The number of nitrogens with one attached hydrogen (secondary N) is 2. The molecule has 3 heterocycles. The third-order valence-corrected chi connectivity index (χ3v) is 3.97. The monoisotopic (exact) mass is 328 g/mol. The largest absolute Gasteiger partial charge is 0.492 e. The predicted molar refractivity (Wildman–Crippen MR) is 78.9 cm³/mol. The van der Waals surface area contributed by atoms with Gasteiger partial charge in [0.25, 0.3) is 0 Å². The van der Waals surface area contributed by atoms with Crippen molar-refractivity contribution in [3.63, 3.8) is 0 Å². The fourth-order valence-corrected chi connectivity index (χ4v) is 2.82. The maximum atomic E-state index is 10.2. The highest BCUT2D eigenvalue weighted by atomic mass is 32.2. The maximum Gasteiger partial charge on any atom is 0.244 e. The van der Waals surface area contributed by atoms with Gasteiger partial charge in [-0.15, -0.1) is 0 Å². The van der Waals surface area contributed by atoms with Crippen LogP contribution in [0.5, 0.6) is 5.88 Å². The van der Waals surface area contributed by atoms with Crippen LogP contribution >= 0.6 is 12.0 Å². The topological polar surface area (TPSA) is 162 Å². The summed E-state index contributed by atoms with van der Waals surface area (Å²) >= 11 is 1.17. The Hall–Kier alpha value is -1.66. The molecule has 120 valence electrons. The molecule has 7 N–H and O–H groups in total. The number of nitrogen functional groups attached to an aromatic ring is 1. The van der Waals surface area contributed by atoms with E-state index in [0.717, 1.165) is 0 Å². The lowest BCUT2D eigenvalue weighted by atomic mass is 10.1. The van der Waals surface area contributed by atoms with Crippen molar-refractivity contribution in [1.29, 1.82) is 0 Å². The minimum absolute atomic E-state index is 0.108. The highest BCUT2D eigenvalue weighted by molar-refractivity contribution is 7.93. The zero-order chi connectivity index (χ0) is 15.9. The van der Waals surface area contributed by atoms with E-state index in [0.29, 0.717) is 11.2 Å². The van der Waals surface area contributed by atoms with Crippen LogP contribution < -0.4 is 11.1 Å². The van der Waals surface area contributed by atoms with Gasteiger partial charge in [-0.25, -0.2) is 4.98 Å². The van der Waals surface area contributed by atoms with E-state index in [9.17, 15) is 15.3 Å². The first-order chi connectivity index (χ1) is 10.5. The van der Waals surface area contributed by atoms with E-state index in [4.69, 9.17) is 9.92 Å². The van der Waals surface area contributed by atoms with Gasteiger partial charge in [0.2, 0.25) is 11.8 Å². The Bertz CT molecular complexity index is 682. The van der Waals surface area contributed by atoms with Gasteiger partial charge >= 0.3 is 0 Å². The quantitative estimate of drug-likeness (QED) is 0.371. The lowest BCUT2D eigenvalue weighted by Crippen LogP contribution is -2.36. The molecule has 0 radical (unpaired) electrons. The first-order valence-electron chi connectivity index (χ1n) is 6.51. The molecule has 0 saturated carbocycles. The van der Waals surface area contributed by atoms with Gasteiger partial charge in [-0.2, -0.15) is 10.1 Å². The van der Waals surface area contributed by atoms with Crippen molar-refractivity contribution in [1.82, 2.24) is 25.5 Å². The Morgan fingerprint density at radius 3 is 2.77 bits per heavy atom. The number of anilines is 1. The minimum Gasteiger partial charge on any atom is -0.492 e. The fourth-order valence-electron chi connectivity index (χ4n) is 2.54. The van der Waals surface area contributed by atoms with Crippen molar-refractivity contribution >= 4 is 29.0 Å². The summed E-state index contributed by atoms with van der Waals surface area (Å²) in [7, 11) is 0. The second-order valence-corrected chi connectivity index (χ2v) is 5.49. The number of nitrogens with zero attached hydrogens (tertiary/aromatic N) is 3. The molecule has 2 aromatic rings. The van der Waals surface area contributed by atoms with Crippen LogP contribution in [0.1, 0.15) is 11.7 Å². The van der Waals surface area contributed by atoms with E-state index in [2.05, 4.69) is 25.5 Å². The van der Waals surface area contributed by atoms with E-state index in [-0.39, 0.29) is 24.0 Å². The number of aromatic nitrogens is 4. The summed E-state index contributed by atoms with van der Waals surface area (Å²) in [6.07, 6.45) is -0.333. The number of hydrogen-bond donors (Lipinski definition) is 6. The molecule has 0 aliphatic carbocycles. The van der Waals surface area contributed by atoms with Crippen LogP contribution in [-0.4, -0.2) is 66.6 Å². The van der Waals surface area contributed by atoms with Gasteiger partial charge in [0.1, 0.15) is 11.6 Å². The molecule has 1 fully saturated rings. The molecule has 0 amide bonds. The standard InChI is InChI=1S/C11H16N6O4S/c1-22-21-2-3-8(18)9(19)6(13-3)5-4-7(17-16-5)10(20)15-11(12)14-4/h3,6,8-9,13,18-19H,2H2,1H3,(H,16,17)(H3,12,14,15,20)/t3-,6+,8-,9+/m1/s1. The molecule has 0 aromatic carbocycles. The molecule has 1 saturated heterocycles. The lowest BCUT2D eigenvalue weighted by molar-refractivity contribution is 0.0221. The van der Waals surface area contributed by atoms with Crippen molar-refractivity contribution in [3.05, 3.63) is 5.69 Å². The van der Waals surface area contributed by atoms with Crippen LogP contribution in [0.15, 0.2) is 0 Å². The predicted octanol–water partition coefficient (Wildman–Crippen LogP) is -1.33. The third kappa shape index (κ3) is 2.46. The van der Waals surface area contributed by atoms with Gasteiger partial charge in [0, 0.05) is 6.26 Å². The number of aromatic hydroxyl groups is 1. The van der Waals surface area contributed by atoms with Crippen molar-refractivity contribution in [2.24, 2.45) is 0 Å². The van der Waals surface area contributed by atoms with Crippen LogP contribution in [0.3, 0.4) is 0 Å². The summed E-state index contributed by atoms with van der Waals surface area (Å²) in [6, 6.07) is -1.09. The molecule has 4 atom stereocenters. The van der Waals surface area contributed by atoms with E-state index in [1.807, 2.05) is 0 Å². The zero-order valence-electron chi connectivity index (χ0n) is 11.6. The van der Waals surface area contributed by atoms with Gasteiger partial charge < -0.3 is 25.2 Å². The number of nitrogens with two attached hydrogens (primary N) is 1. The van der Waals surface area contributed by atoms with Gasteiger partial charge in [-0.05, 0) is 12.0 Å². The van der Waals surface area contributed by atoms with Gasteiger partial charge in [0.05, 0.1) is 30.5 Å². The molecular formula is C11H16N6O4S. The van der Waals surface area contributed by atoms with Crippen molar-refractivity contribution in [2.75, 3.05) is 18.6 Å². The minimum atomic E-state index is -1.09. The first-order valence-corrected chi connectivity index (χ1v) is 7.66. The Kier molecular flexibility index (Phi) is 4.06. The second kappa shape index (κ2) is 5.85. The van der Waals surface area contributed by atoms with E-state index >= 15 is 0 Å². The number of fused-ring (bicyclic) bond motifs is 1. The first kappa shape index (κ1) is 15.2. The summed E-state index contributed by atoms with van der Waals surface area (Å²) < 4.78 is 5.20. The van der Waals surface area contributed by atoms with Crippen molar-refractivity contribution in [2.45, 2.75) is 24.3 Å². The molecule has 11 heteroatoms. The SMILES string of the molecule is CSOC[C@H]1N[C@@H](c2[nH]nc3c(O)nc(N)nc23)[C@H](O)[C@@H]1O. The summed E-state index contributed by atoms with van der Waals surface area (Å²) in [6.45, 7) is 0.227. The van der Waals surface area contributed by atoms with Gasteiger partial charge in [-0.1, -0.05) is 0 Å². The molecule has 1 aliphatic rings. The lowest BCUT2D eigenvalue weighted by Gasteiger charge is -2.14. The third-order valence-electron chi connectivity index (χ3n) is 3.60. The number of aliphatic hydroxyl groups is 2. The Morgan fingerprint density at radius 1 is 1.27 bits per heavy atom. The summed E-state index contributed by atoms with van der Waals surface area (Å²) in [5.41, 5.74) is 6.38. The number of hydrogen-bond acceptors (Lipinski definition) is 10. The molecule has 0 bridgehead atoms. The number of aromatic amines is 1. The number of H-pyrrole nitrogens is 1. The Morgan fingerprint density at radius 2 is 2.05 bits per heavy atom. The van der Waals surface area contributed by atoms with Crippen LogP contribution in [0.4, 0.5) is 5.95 Å². The smallest absolute Gasteiger partial charge is 0.244 e. The molecule has 2 aromatic heterocycles. The summed E-state index contributed by atoms with van der Waals surface area (Å²) in [4.78, 5) is 7.65. The average Bonchev–Trinajstić information content (AvgIpc) is 3.00. The highest BCUT2D eigenvalue weighted by Gasteiger charge is 2.43. The molecule has 0 spiro atoms. The summed E-state index contributed by atoms with van der Waals surface area (Å²) in [5, 5.41) is 39.8. The van der Waals surface area contributed by atoms with Gasteiger partial charge in [-0.3, -0.25) is 10.4 Å². The second-order valence-electron chi connectivity index (χ2n) is 4.92. The van der Waals surface area contributed by atoms with Crippen LogP contribution in [0, 0.1) is 0 Å². The molecule has 22 heavy (non-hydrogen) atoms. The molecule has 0 unspecified atom stereocenters. The summed E-state index contributed by atoms with van der Waals surface area (Å²) in [5.74, 6) is -0.455. The maximum absolute atomic E-state index is 10.2. The number of aliphatic hydroxyl groups excluding tert-OH is 2. The van der Waals surface area contributed by atoms with Gasteiger partial charge in [0.15, 0.2) is 5.52 Å². The van der Waals surface area contributed by atoms with E-state index in [1.165, 1.54) is 12.0 Å². The average molecular weight is 328 g/mol. The molecule has 3 rings (SSSR count). The Labute approximate surface area is 129 Å². The van der Waals surface area contributed by atoms with E-state index < -0.39 is 24.3 Å². The molecular weight excluding hydrogens is 312 g/mol. The van der Waals surface area contributed by atoms with Crippen LogP contribution in [0.2, 0.25) is 0 Å². The van der Waals surface area contributed by atoms with Crippen molar-refractivity contribution < 1.29 is 19.5 Å². The molecule has 1 aliphatic heterocycles. The zero-order valence-corrected chi connectivity index (χ0v) is 12.4. The fraction of sp³-hybridized carbons (Fsp3) is 0.545.